The third kappa shape index (κ3) is 7.98. The zero-order valence-electron chi connectivity index (χ0n) is 7.58. The Morgan fingerprint density at radius 1 is 0.750 bits per heavy atom. The molecule has 0 amide bonds. The maximum Gasteiger partial charge on any atom is 0.0541 e. The summed E-state index contributed by atoms with van der Waals surface area (Å²) in [6.07, 6.45) is 4.67. The molecule has 0 aliphatic heterocycles. The fraction of sp³-hybridized carbons (Fsp3) is 1.00. The molecule has 0 aromatic heterocycles. The number of hydrogen-bond donors (Lipinski definition) is 3. The SMILES string of the molecule is OCCCCCC(O)CCCO. The number of aliphatic hydroxyl groups is 3. The summed E-state index contributed by atoms with van der Waals surface area (Å²) in [5.41, 5.74) is 0. The van der Waals surface area contributed by atoms with E-state index in [1.165, 1.54) is 0 Å². The summed E-state index contributed by atoms with van der Waals surface area (Å²) in [5, 5.41) is 26.3. The van der Waals surface area contributed by atoms with Crippen LogP contribution < -0.4 is 0 Å². The summed E-state index contributed by atoms with van der Waals surface area (Å²) in [5.74, 6) is 0. The van der Waals surface area contributed by atoms with E-state index in [0.29, 0.717) is 12.8 Å². The Balaban J connectivity index is 3.02. The molecule has 12 heavy (non-hydrogen) atoms. The first kappa shape index (κ1) is 11.9. The van der Waals surface area contributed by atoms with E-state index in [1.54, 1.807) is 0 Å². The van der Waals surface area contributed by atoms with E-state index in [-0.39, 0.29) is 19.3 Å². The Bertz CT molecular complexity index is 85.8. The molecule has 0 fully saturated rings. The summed E-state index contributed by atoms with van der Waals surface area (Å²) < 4.78 is 0. The van der Waals surface area contributed by atoms with E-state index < -0.39 is 0 Å². The molecule has 0 rings (SSSR count). The highest BCUT2D eigenvalue weighted by atomic mass is 16.3. The van der Waals surface area contributed by atoms with Crippen molar-refractivity contribution in [3.05, 3.63) is 0 Å². The minimum absolute atomic E-state index is 0.160. The Kier molecular flexibility index (Phi) is 8.88. The Morgan fingerprint density at radius 2 is 1.33 bits per heavy atom. The normalized spacial score (nSPS) is 13.2. The van der Waals surface area contributed by atoms with E-state index in [9.17, 15) is 5.11 Å². The van der Waals surface area contributed by atoms with Gasteiger partial charge in [0.25, 0.3) is 0 Å². The van der Waals surface area contributed by atoms with Crippen molar-refractivity contribution in [3.8, 4) is 0 Å². The molecule has 3 N–H and O–H groups in total. The molecule has 0 aliphatic rings. The van der Waals surface area contributed by atoms with Crippen molar-refractivity contribution < 1.29 is 15.3 Å². The number of aliphatic hydroxyl groups excluding tert-OH is 3. The predicted octanol–water partition coefficient (Wildman–Crippen LogP) is 0.672. The summed E-state index contributed by atoms with van der Waals surface area (Å²) in [6, 6.07) is 0. The number of hydrogen-bond acceptors (Lipinski definition) is 3. The van der Waals surface area contributed by atoms with Gasteiger partial charge in [-0.25, -0.2) is 0 Å². The quantitative estimate of drug-likeness (QED) is 0.476. The molecule has 3 heteroatoms. The lowest BCUT2D eigenvalue weighted by atomic mass is 10.1. The highest BCUT2D eigenvalue weighted by molar-refractivity contribution is 4.55. The summed E-state index contributed by atoms with van der Waals surface area (Å²) in [6.45, 7) is 0.403. The monoisotopic (exact) mass is 176 g/mol. The van der Waals surface area contributed by atoms with Gasteiger partial charge in [-0.05, 0) is 25.7 Å². The van der Waals surface area contributed by atoms with Crippen LogP contribution in [-0.2, 0) is 0 Å². The Hall–Kier alpha value is -0.120. The van der Waals surface area contributed by atoms with Crippen LogP contribution in [0.5, 0.6) is 0 Å². The first-order valence-electron chi connectivity index (χ1n) is 4.71. The van der Waals surface area contributed by atoms with Gasteiger partial charge in [0.15, 0.2) is 0 Å². The summed E-state index contributed by atoms with van der Waals surface area (Å²) in [7, 11) is 0. The molecule has 74 valence electrons. The van der Waals surface area contributed by atoms with Gasteiger partial charge in [0.05, 0.1) is 6.10 Å². The highest BCUT2D eigenvalue weighted by Gasteiger charge is 2.02. The van der Waals surface area contributed by atoms with E-state index >= 15 is 0 Å². The van der Waals surface area contributed by atoms with Crippen molar-refractivity contribution in [2.45, 2.75) is 44.6 Å². The van der Waals surface area contributed by atoms with Gasteiger partial charge in [0.2, 0.25) is 0 Å². The molecule has 1 atom stereocenters. The molecule has 0 aromatic rings. The van der Waals surface area contributed by atoms with E-state index in [4.69, 9.17) is 10.2 Å². The van der Waals surface area contributed by atoms with Gasteiger partial charge < -0.3 is 15.3 Å². The fourth-order valence-corrected chi connectivity index (χ4v) is 1.14. The van der Waals surface area contributed by atoms with E-state index in [1.807, 2.05) is 0 Å². The molecule has 0 aliphatic carbocycles. The average molecular weight is 176 g/mol. The van der Waals surface area contributed by atoms with Gasteiger partial charge >= 0.3 is 0 Å². The molecular formula is C9H20O3. The van der Waals surface area contributed by atoms with Crippen molar-refractivity contribution in [3.63, 3.8) is 0 Å². The first-order valence-corrected chi connectivity index (χ1v) is 4.71. The Morgan fingerprint density at radius 3 is 1.92 bits per heavy atom. The lowest BCUT2D eigenvalue weighted by Gasteiger charge is -2.08. The summed E-state index contributed by atoms with van der Waals surface area (Å²) in [4.78, 5) is 0. The van der Waals surface area contributed by atoms with Gasteiger partial charge in [-0.15, -0.1) is 0 Å². The fourth-order valence-electron chi connectivity index (χ4n) is 1.14. The van der Waals surface area contributed by atoms with Crippen LogP contribution in [0.4, 0.5) is 0 Å². The summed E-state index contributed by atoms with van der Waals surface area (Å²) >= 11 is 0. The zero-order valence-corrected chi connectivity index (χ0v) is 7.58. The molecule has 0 aromatic carbocycles. The second kappa shape index (κ2) is 8.97. The van der Waals surface area contributed by atoms with Crippen LogP contribution in [-0.4, -0.2) is 34.6 Å². The third-order valence-electron chi connectivity index (χ3n) is 1.89. The molecule has 3 nitrogen and oxygen atoms in total. The van der Waals surface area contributed by atoms with E-state index in [2.05, 4.69) is 0 Å². The molecular weight excluding hydrogens is 156 g/mol. The van der Waals surface area contributed by atoms with Crippen LogP contribution in [0.3, 0.4) is 0 Å². The smallest absolute Gasteiger partial charge is 0.0541 e. The van der Waals surface area contributed by atoms with Crippen molar-refractivity contribution >= 4 is 0 Å². The molecule has 0 spiro atoms. The standard InChI is InChI=1S/C9H20O3/c10-7-3-1-2-5-9(12)6-4-8-11/h9-12H,1-8H2. The minimum Gasteiger partial charge on any atom is -0.396 e. The third-order valence-corrected chi connectivity index (χ3v) is 1.89. The van der Waals surface area contributed by atoms with Gasteiger partial charge in [-0.3, -0.25) is 0 Å². The molecule has 1 unspecified atom stereocenters. The topological polar surface area (TPSA) is 60.7 Å². The highest BCUT2D eigenvalue weighted by Crippen LogP contribution is 2.07. The van der Waals surface area contributed by atoms with Crippen LogP contribution in [0.25, 0.3) is 0 Å². The second-order valence-electron chi connectivity index (χ2n) is 3.09. The number of rotatable bonds is 8. The first-order chi connectivity index (χ1) is 5.81. The van der Waals surface area contributed by atoms with Crippen LogP contribution in [0, 0.1) is 0 Å². The minimum atomic E-state index is -0.268. The molecule has 0 heterocycles. The molecule has 0 saturated carbocycles. The van der Waals surface area contributed by atoms with Gasteiger partial charge in [-0.2, -0.15) is 0 Å². The van der Waals surface area contributed by atoms with Crippen LogP contribution in [0.1, 0.15) is 38.5 Å². The van der Waals surface area contributed by atoms with Gasteiger partial charge in [0, 0.05) is 13.2 Å². The number of unbranched alkanes of at least 4 members (excludes halogenated alkanes) is 2. The maximum absolute atomic E-state index is 9.31. The molecule has 0 saturated heterocycles. The lowest BCUT2D eigenvalue weighted by Crippen LogP contribution is -2.07. The van der Waals surface area contributed by atoms with Crippen LogP contribution >= 0.6 is 0 Å². The van der Waals surface area contributed by atoms with Crippen LogP contribution in [0.15, 0.2) is 0 Å². The van der Waals surface area contributed by atoms with E-state index in [0.717, 1.165) is 25.7 Å². The average Bonchev–Trinajstić information content (AvgIpc) is 2.09. The van der Waals surface area contributed by atoms with Gasteiger partial charge in [0.1, 0.15) is 0 Å². The predicted molar refractivity (Wildman–Crippen MR) is 47.9 cm³/mol. The largest absolute Gasteiger partial charge is 0.396 e. The van der Waals surface area contributed by atoms with Crippen molar-refractivity contribution in [1.29, 1.82) is 0 Å². The lowest BCUT2D eigenvalue weighted by molar-refractivity contribution is 0.137. The Labute approximate surface area is 74.0 Å². The van der Waals surface area contributed by atoms with Crippen LogP contribution in [0.2, 0.25) is 0 Å². The van der Waals surface area contributed by atoms with Crippen molar-refractivity contribution in [2.75, 3.05) is 13.2 Å². The molecule has 0 bridgehead atoms. The second-order valence-corrected chi connectivity index (χ2v) is 3.09. The van der Waals surface area contributed by atoms with Crippen molar-refractivity contribution in [2.24, 2.45) is 0 Å². The van der Waals surface area contributed by atoms with Gasteiger partial charge in [-0.1, -0.05) is 12.8 Å². The molecule has 0 radical (unpaired) electrons. The van der Waals surface area contributed by atoms with Crippen molar-refractivity contribution in [1.82, 2.24) is 0 Å². The maximum atomic E-state index is 9.31. The zero-order chi connectivity index (χ0) is 9.23.